The van der Waals surface area contributed by atoms with Gasteiger partial charge in [0.15, 0.2) is 0 Å². The Kier molecular flexibility index (Phi) is 5.28. The van der Waals surface area contributed by atoms with Crippen LogP contribution in [-0.4, -0.2) is 37.0 Å². The molecule has 0 saturated carbocycles. The molecule has 0 fully saturated rings. The number of hydrogen-bond acceptors (Lipinski definition) is 4. The molecule has 1 atom stereocenters. The van der Waals surface area contributed by atoms with Crippen molar-refractivity contribution in [1.82, 2.24) is 5.32 Å². The Morgan fingerprint density at radius 1 is 1.28 bits per heavy atom. The molecule has 5 nitrogen and oxygen atoms in total. The third-order valence-electron chi connectivity index (χ3n) is 2.82. The minimum absolute atomic E-state index is 0.0944. The van der Waals surface area contributed by atoms with Gasteiger partial charge in [-0.25, -0.2) is 0 Å². The minimum atomic E-state index is -3.92. The minimum Gasteiger partial charge on any atom is -0.394 e. The van der Waals surface area contributed by atoms with Crippen molar-refractivity contribution in [2.75, 3.05) is 18.9 Å². The van der Waals surface area contributed by atoms with Crippen molar-refractivity contribution in [3.05, 3.63) is 35.9 Å². The Morgan fingerprint density at radius 3 is 2.39 bits per heavy atom. The number of rotatable bonds is 7. The van der Waals surface area contributed by atoms with Crippen LogP contribution in [0.5, 0.6) is 0 Å². The van der Waals surface area contributed by atoms with E-state index in [9.17, 15) is 13.5 Å². The van der Waals surface area contributed by atoms with E-state index in [0.29, 0.717) is 13.0 Å². The Balaban J connectivity index is 2.57. The lowest BCUT2D eigenvalue weighted by Crippen LogP contribution is -2.43. The number of benzene rings is 1. The van der Waals surface area contributed by atoms with Crippen LogP contribution in [0.3, 0.4) is 0 Å². The first-order chi connectivity index (χ1) is 8.37. The molecule has 0 heterocycles. The van der Waals surface area contributed by atoms with Crippen molar-refractivity contribution in [1.29, 1.82) is 0 Å². The van der Waals surface area contributed by atoms with Crippen LogP contribution < -0.4 is 5.32 Å². The van der Waals surface area contributed by atoms with Crippen molar-refractivity contribution in [2.45, 2.75) is 18.9 Å². The van der Waals surface area contributed by atoms with E-state index in [2.05, 4.69) is 5.32 Å². The van der Waals surface area contributed by atoms with Crippen LogP contribution in [0.2, 0.25) is 0 Å². The maximum absolute atomic E-state index is 10.6. The van der Waals surface area contributed by atoms with Crippen LogP contribution in [0.25, 0.3) is 0 Å². The molecule has 0 bridgehead atoms. The summed E-state index contributed by atoms with van der Waals surface area (Å²) in [6.45, 7) is 2.14. The van der Waals surface area contributed by atoms with Crippen LogP contribution >= 0.6 is 0 Å². The summed E-state index contributed by atoms with van der Waals surface area (Å²) in [5, 5.41) is 12.6. The largest absolute Gasteiger partial charge is 0.394 e. The van der Waals surface area contributed by atoms with E-state index in [-0.39, 0.29) is 12.4 Å². The van der Waals surface area contributed by atoms with Crippen molar-refractivity contribution in [3.8, 4) is 0 Å². The molecular formula is C12H19NO4S. The molecule has 18 heavy (non-hydrogen) atoms. The summed E-state index contributed by atoms with van der Waals surface area (Å²) in [6, 6.07) is 9.43. The van der Waals surface area contributed by atoms with E-state index >= 15 is 0 Å². The van der Waals surface area contributed by atoms with Gasteiger partial charge in [-0.2, -0.15) is 8.42 Å². The molecule has 0 aromatic heterocycles. The lowest BCUT2D eigenvalue weighted by Gasteiger charge is -2.29. The summed E-state index contributed by atoms with van der Waals surface area (Å²) in [5.74, 6) is -0.281. The van der Waals surface area contributed by atoms with Gasteiger partial charge >= 0.3 is 0 Å². The van der Waals surface area contributed by atoms with E-state index in [0.717, 1.165) is 5.56 Å². The summed E-state index contributed by atoms with van der Waals surface area (Å²) >= 11 is 0. The fraction of sp³-hybridized carbons (Fsp3) is 0.500. The molecule has 1 unspecified atom stereocenters. The zero-order valence-electron chi connectivity index (χ0n) is 10.3. The van der Waals surface area contributed by atoms with E-state index in [1.54, 1.807) is 0 Å². The topological polar surface area (TPSA) is 86.6 Å². The van der Waals surface area contributed by atoms with Gasteiger partial charge in [0.05, 0.1) is 17.9 Å². The SMILES string of the molecule is CC(CO)(NCCCS(=O)(=O)O)c1ccccc1. The molecular weight excluding hydrogens is 254 g/mol. The molecule has 3 N–H and O–H groups in total. The fourth-order valence-corrected chi connectivity index (χ4v) is 2.18. The smallest absolute Gasteiger partial charge is 0.264 e. The first kappa shape index (κ1) is 15.1. The summed E-state index contributed by atoms with van der Waals surface area (Å²) in [5.41, 5.74) is 0.319. The maximum atomic E-state index is 10.6. The first-order valence-electron chi connectivity index (χ1n) is 5.74. The van der Waals surface area contributed by atoms with Crippen LogP contribution in [0, 0.1) is 0 Å². The average molecular weight is 273 g/mol. The van der Waals surface area contributed by atoms with Crippen LogP contribution in [0.15, 0.2) is 30.3 Å². The predicted molar refractivity (Wildman–Crippen MR) is 69.9 cm³/mol. The Hall–Kier alpha value is -0.950. The molecule has 0 aliphatic rings. The number of hydrogen-bond donors (Lipinski definition) is 3. The van der Waals surface area contributed by atoms with Gasteiger partial charge in [0.2, 0.25) is 0 Å². The highest BCUT2D eigenvalue weighted by Gasteiger charge is 2.24. The lowest BCUT2D eigenvalue weighted by molar-refractivity contribution is 0.175. The first-order valence-corrected chi connectivity index (χ1v) is 7.35. The van der Waals surface area contributed by atoms with E-state index in [1.807, 2.05) is 37.3 Å². The second-order valence-electron chi connectivity index (χ2n) is 4.42. The van der Waals surface area contributed by atoms with E-state index in [4.69, 9.17) is 4.55 Å². The predicted octanol–water partition coefficient (Wildman–Crippen LogP) is 0.762. The monoisotopic (exact) mass is 273 g/mol. The maximum Gasteiger partial charge on any atom is 0.264 e. The van der Waals surface area contributed by atoms with Gasteiger partial charge in [-0.15, -0.1) is 0 Å². The fourth-order valence-electron chi connectivity index (χ4n) is 1.67. The highest BCUT2D eigenvalue weighted by atomic mass is 32.2. The second-order valence-corrected chi connectivity index (χ2v) is 5.99. The zero-order chi connectivity index (χ0) is 13.6. The molecule has 0 saturated heterocycles. The zero-order valence-corrected chi connectivity index (χ0v) is 11.2. The standard InChI is InChI=1S/C12H19NO4S/c1-12(10-14,11-6-3-2-4-7-11)13-8-5-9-18(15,16)17/h2-4,6-7,13-14H,5,8-10H2,1H3,(H,15,16,17). The third-order valence-corrected chi connectivity index (χ3v) is 3.63. The highest BCUT2D eigenvalue weighted by Crippen LogP contribution is 2.19. The molecule has 0 aliphatic carbocycles. The number of nitrogens with one attached hydrogen (secondary N) is 1. The molecule has 1 aromatic rings. The van der Waals surface area contributed by atoms with Gasteiger partial charge in [0.25, 0.3) is 10.1 Å². The highest BCUT2D eigenvalue weighted by molar-refractivity contribution is 7.85. The molecule has 1 aromatic carbocycles. The molecule has 0 aliphatic heterocycles. The lowest BCUT2D eigenvalue weighted by atomic mass is 9.93. The Morgan fingerprint density at radius 2 is 1.89 bits per heavy atom. The van der Waals surface area contributed by atoms with E-state index in [1.165, 1.54) is 0 Å². The summed E-state index contributed by atoms with van der Waals surface area (Å²) in [6.07, 6.45) is 0.293. The normalized spacial score (nSPS) is 15.3. The van der Waals surface area contributed by atoms with Gasteiger partial charge in [-0.3, -0.25) is 4.55 Å². The molecule has 0 spiro atoms. The van der Waals surface area contributed by atoms with Crippen molar-refractivity contribution >= 4 is 10.1 Å². The summed E-state index contributed by atoms with van der Waals surface area (Å²) < 4.78 is 29.8. The second kappa shape index (κ2) is 6.29. The van der Waals surface area contributed by atoms with Gasteiger partial charge in [0, 0.05) is 0 Å². The van der Waals surface area contributed by atoms with Gasteiger partial charge in [0.1, 0.15) is 0 Å². The van der Waals surface area contributed by atoms with Crippen molar-refractivity contribution in [3.63, 3.8) is 0 Å². The number of aliphatic hydroxyl groups excluding tert-OH is 1. The Labute approximate surface area is 108 Å². The number of aliphatic hydroxyl groups is 1. The van der Waals surface area contributed by atoms with Crippen LogP contribution in [-0.2, 0) is 15.7 Å². The molecule has 102 valence electrons. The van der Waals surface area contributed by atoms with Gasteiger partial charge in [-0.05, 0) is 25.5 Å². The third kappa shape index (κ3) is 4.73. The van der Waals surface area contributed by atoms with Crippen LogP contribution in [0.4, 0.5) is 0 Å². The van der Waals surface area contributed by atoms with Crippen LogP contribution in [0.1, 0.15) is 18.9 Å². The Bertz CT molecular complexity index is 460. The molecule has 6 heteroatoms. The molecule has 0 radical (unpaired) electrons. The van der Waals surface area contributed by atoms with Crippen molar-refractivity contribution in [2.24, 2.45) is 0 Å². The summed E-state index contributed by atoms with van der Waals surface area (Å²) in [7, 11) is -3.92. The van der Waals surface area contributed by atoms with Gasteiger partial charge < -0.3 is 10.4 Å². The van der Waals surface area contributed by atoms with Crippen molar-refractivity contribution < 1.29 is 18.1 Å². The summed E-state index contributed by atoms with van der Waals surface area (Å²) in [4.78, 5) is 0. The quantitative estimate of drug-likeness (QED) is 0.504. The average Bonchev–Trinajstić information content (AvgIpc) is 2.34. The van der Waals surface area contributed by atoms with Gasteiger partial charge in [-0.1, -0.05) is 30.3 Å². The van der Waals surface area contributed by atoms with E-state index < -0.39 is 15.7 Å². The molecule has 1 rings (SSSR count). The molecule has 0 amide bonds.